The van der Waals surface area contributed by atoms with Gasteiger partial charge in [0.2, 0.25) is 11.8 Å². The zero-order valence-corrected chi connectivity index (χ0v) is 20.9. The minimum atomic E-state index is -0.217. The van der Waals surface area contributed by atoms with Crippen molar-refractivity contribution < 1.29 is 9.59 Å². The Bertz CT molecular complexity index is 1150. The molecule has 1 fully saturated rings. The predicted octanol–water partition coefficient (Wildman–Crippen LogP) is 4.67. The number of nitrogens with zero attached hydrogens (tertiary/aromatic N) is 1. The van der Waals surface area contributed by atoms with E-state index in [4.69, 9.17) is 0 Å². The van der Waals surface area contributed by atoms with Crippen molar-refractivity contribution in [3.8, 4) is 0 Å². The molecule has 5 nitrogen and oxygen atoms in total. The van der Waals surface area contributed by atoms with Crippen LogP contribution < -0.4 is 10.6 Å². The molecule has 2 aliphatic rings. The van der Waals surface area contributed by atoms with E-state index in [-0.39, 0.29) is 23.7 Å². The maximum absolute atomic E-state index is 13.3. The number of anilines is 1. The number of aryl methyl sites for hydroxylation is 2. The molecule has 2 amide bonds. The molecule has 35 heavy (non-hydrogen) atoms. The number of hydrogen-bond donors (Lipinski definition) is 2. The van der Waals surface area contributed by atoms with Crippen LogP contribution in [0.25, 0.3) is 0 Å². The van der Waals surface area contributed by atoms with Gasteiger partial charge in [-0.3, -0.25) is 9.59 Å². The quantitative estimate of drug-likeness (QED) is 0.485. The summed E-state index contributed by atoms with van der Waals surface area (Å²) >= 11 is 1.64. The van der Waals surface area contributed by atoms with Crippen molar-refractivity contribution in [2.45, 2.75) is 38.6 Å². The van der Waals surface area contributed by atoms with Gasteiger partial charge in [-0.1, -0.05) is 42.5 Å². The van der Waals surface area contributed by atoms with Crippen molar-refractivity contribution in [1.82, 2.24) is 10.2 Å². The van der Waals surface area contributed by atoms with E-state index >= 15 is 0 Å². The van der Waals surface area contributed by atoms with Crippen molar-refractivity contribution in [2.24, 2.45) is 11.8 Å². The Morgan fingerprint density at radius 1 is 0.914 bits per heavy atom. The molecule has 1 saturated heterocycles. The van der Waals surface area contributed by atoms with Crippen LogP contribution in [0.15, 0.2) is 66.0 Å². The standard InChI is InChI=1S/C29H33N3O2S/c33-28(30-18-27-10-5-15-35-27)24-16-25(20-32(19-24)14-13-21-6-2-1-3-7-21)29(34)31-26-12-11-22-8-4-9-23(22)17-26/h1-3,5-7,10-12,15,17,24-25H,4,8-9,13-14,16,18-20H2,(H,30,33)(H,31,34)/t24-,25+/m0/s1. The molecule has 182 valence electrons. The number of carbonyl (C=O) groups excluding carboxylic acids is 2. The lowest BCUT2D eigenvalue weighted by Crippen LogP contribution is -2.49. The average Bonchev–Trinajstić information content (AvgIpc) is 3.58. The van der Waals surface area contributed by atoms with E-state index in [0.717, 1.165) is 36.4 Å². The molecule has 3 aromatic rings. The molecule has 0 saturated carbocycles. The van der Waals surface area contributed by atoms with E-state index in [0.29, 0.717) is 26.1 Å². The molecule has 2 N–H and O–H groups in total. The molecule has 1 aromatic heterocycles. The first kappa shape index (κ1) is 23.8. The minimum Gasteiger partial charge on any atom is -0.351 e. The summed E-state index contributed by atoms with van der Waals surface area (Å²) in [6, 6.07) is 20.7. The highest BCUT2D eigenvalue weighted by molar-refractivity contribution is 7.09. The van der Waals surface area contributed by atoms with Crippen LogP contribution in [-0.4, -0.2) is 36.3 Å². The highest BCUT2D eigenvalue weighted by atomic mass is 32.1. The normalized spacial score (nSPS) is 19.8. The number of carbonyl (C=O) groups is 2. The average molecular weight is 488 g/mol. The zero-order valence-electron chi connectivity index (χ0n) is 20.0. The number of benzene rings is 2. The van der Waals surface area contributed by atoms with Crippen LogP contribution in [0.3, 0.4) is 0 Å². The summed E-state index contributed by atoms with van der Waals surface area (Å²) in [7, 11) is 0. The van der Waals surface area contributed by atoms with Gasteiger partial charge in [-0.15, -0.1) is 11.3 Å². The molecule has 2 aromatic carbocycles. The number of thiophene rings is 1. The molecule has 0 spiro atoms. The molecular weight excluding hydrogens is 454 g/mol. The van der Waals surface area contributed by atoms with Crippen molar-refractivity contribution in [3.63, 3.8) is 0 Å². The summed E-state index contributed by atoms with van der Waals surface area (Å²) in [4.78, 5) is 29.9. The second kappa shape index (κ2) is 11.2. The predicted molar refractivity (Wildman–Crippen MR) is 141 cm³/mol. The fourth-order valence-corrected chi connectivity index (χ4v) is 5.95. The Morgan fingerprint density at radius 3 is 2.51 bits per heavy atom. The number of amides is 2. The van der Waals surface area contributed by atoms with Crippen molar-refractivity contribution in [1.29, 1.82) is 0 Å². The van der Waals surface area contributed by atoms with Gasteiger partial charge in [-0.25, -0.2) is 0 Å². The second-order valence-electron chi connectivity index (χ2n) is 9.75. The SMILES string of the molecule is O=C(NCc1cccs1)[C@H]1C[C@@H](C(=O)Nc2ccc3c(c2)CCC3)CN(CCc2ccccc2)C1. The molecule has 0 bridgehead atoms. The minimum absolute atomic E-state index is 0.0171. The maximum Gasteiger partial charge on any atom is 0.228 e. The van der Waals surface area contributed by atoms with Crippen molar-refractivity contribution in [3.05, 3.63) is 87.6 Å². The number of likely N-dealkylation sites (tertiary alicyclic amines) is 1. The fraction of sp³-hybridized carbons (Fsp3) is 0.379. The van der Waals surface area contributed by atoms with Gasteiger partial charge in [0.25, 0.3) is 0 Å². The van der Waals surface area contributed by atoms with E-state index in [2.05, 4.69) is 51.9 Å². The topological polar surface area (TPSA) is 61.4 Å². The lowest BCUT2D eigenvalue weighted by atomic mass is 9.87. The summed E-state index contributed by atoms with van der Waals surface area (Å²) in [6.45, 7) is 2.74. The van der Waals surface area contributed by atoms with Gasteiger partial charge in [0.1, 0.15) is 0 Å². The Morgan fingerprint density at radius 2 is 1.71 bits per heavy atom. The molecule has 0 radical (unpaired) electrons. The number of piperidine rings is 1. The first-order valence-corrected chi connectivity index (χ1v) is 13.5. The van der Waals surface area contributed by atoms with Gasteiger partial charge in [0, 0.05) is 30.2 Å². The molecule has 2 atom stereocenters. The lowest BCUT2D eigenvalue weighted by Gasteiger charge is -2.36. The lowest BCUT2D eigenvalue weighted by molar-refractivity contribution is -0.130. The largest absolute Gasteiger partial charge is 0.351 e. The number of fused-ring (bicyclic) bond motifs is 1. The summed E-state index contributed by atoms with van der Waals surface area (Å²) in [6.07, 6.45) is 4.89. The van der Waals surface area contributed by atoms with Gasteiger partial charge in [0.15, 0.2) is 0 Å². The van der Waals surface area contributed by atoms with Crippen LogP contribution in [0.2, 0.25) is 0 Å². The van der Waals surface area contributed by atoms with Gasteiger partial charge < -0.3 is 15.5 Å². The van der Waals surface area contributed by atoms with Crippen molar-refractivity contribution in [2.75, 3.05) is 25.0 Å². The van der Waals surface area contributed by atoms with Crippen LogP contribution in [0.5, 0.6) is 0 Å². The van der Waals surface area contributed by atoms with E-state index < -0.39 is 0 Å². The Kier molecular flexibility index (Phi) is 7.60. The third-order valence-corrected chi connectivity index (χ3v) is 8.09. The third kappa shape index (κ3) is 6.19. The third-order valence-electron chi connectivity index (χ3n) is 7.21. The van der Waals surface area contributed by atoms with Crippen LogP contribution in [0.4, 0.5) is 5.69 Å². The number of hydrogen-bond acceptors (Lipinski definition) is 4. The van der Waals surface area contributed by atoms with E-state index in [1.54, 1.807) is 11.3 Å². The smallest absolute Gasteiger partial charge is 0.228 e. The Hall–Kier alpha value is -2.96. The van der Waals surface area contributed by atoms with E-state index in [1.165, 1.54) is 23.1 Å². The highest BCUT2D eigenvalue weighted by Crippen LogP contribution is 2.27. The Labute approximate surface area is 211 Å². The highest BCUT2D eigenvalue weighted by Gasteiger charge is 2.35. The molecule has 2 heterocycles. The fourth-order valence-electron chi connectivity index (χ4n) is 5.31. The number of rotatable bonds is 8. The van der Waals surface area contributed by atoms with Gasteiger partial charge in [-0.05, 0) is 72.4 Å². The molecule has 6 heteroatoms. The summed E-state index contributed by atoms with van der Waals surface area (Å²) < 4.78 is 0. The van der Waals surface area contributed by atoms with Crippen LogP contribution in [0, 0.1) is 11.8 Å². The molecular formula is C29H33N3O2S. The summed E-state index contributed by atoms with van der Waals surface area (Å²) in [5.41, 5.74) is 4.89. The van der Waals surface area contributed by atoms with E-state index in [1.807, 2.05) is 29.6 Å². The molecule has 1 aliphatic carbocycles. The molecule has 0 unspecified atom stereocenters. The first-order valence-electron chi connectivity index (χ1n) is 12.6. The maximum atomic E-state index is 13.3. The van der Waals surface area contributed by atoms with Gasteiger partial charge in [0.05, 0.1) is 18.4 Å². The Balaban J connectivity index is 1.25. The summed E-state index contributed by atoms with van der Waals surface area (Å²) in [5.74, 6) is -0.359. The van der Waals surface area contributed by atoms with Gasteiger partial charge in [-0.2, -0.15) is 0 Å². The number of nitrogens with one attached hydrogen (secondary N) is 2. The molecule has 1 aliphatic heterocycles. The molecule has 5 rings (SSSR count). The zero-order chi connectivity index (χ0) is 24.0. The van der Waals surface area contributed by atoms with Crippen LogP contribution in [-0.2, 0) is 35.4 Å². The monoisotopic (exact) mass is 487 g/mol. The van der Waals surface area contributed by atoms with Gasteiger partial charge >= 0.3 is 0 Å². The first-order chi connectivity index (χ1) is 17.1. The van der Waals surface area contributed by atoms with Crippen LogP contribution >= 0.6 is 11.3 Å². The van der Waals surface area contributed by atoms with Crippen LogP contribution in [0.1, 0.15) is 34.4 Å². The summed E-state index contributed by atoms with van der Waals surface area (Å²) in [5, 5.41) is 8.27. The van der Waals surface area contributed by atoms with E-state index in [9.17, 15) is 9.59 Å². The second-order valence-corrected chi connectivity index (χ2v) is 10.8. The van der Waals surface area contributed by atoms with Crippen molar-refractivity contribution >= 4 is 28.8 Å².